The Bertz CT molecular complexity index is 754. The van der Waals surface area contributed by atoms with Crippen LogP contribution in [0.2, 0.25) is 13.6 Å². The third-order valence-corrected chi connectivity index (χ3v) is 6.47. The van der Waals surface area contributed by atoms with Crippen LogP contribution in [0, 0.1) is 11.8 Å². The van der Waals surface area contributed by atoms with E-state index in [4.69, 9.17) is 8.92 Å². The first-order chi connectivity index (χ1) is 15.1. The van der Waals surface area contributed by atoms with E-state index in [1.54, 1.807) is 6.82 Å². The standard InChI is InChI=1S/C13H20BNO2.C8H18BNO4S/c1-14(16)15-9-5-6-12(10-15)11-17-13-7-3-2-4-8-13;1-9(11)10-5-3-4-8(6-10)7-14-15(2,12)13/h2-4,7-8,12,16H,5-6,9-11H2,1H3;8,11H,3-7H2,1-2H3/t12-;8-/m11/s1. The lowest BCUT2D eigenvalue weighted by atomic mass is 9.81. The van der Waals surface area contributed by atoms with Crippen molar-refractivity contribution in [2.24, 2.45) is 11.8 Å². The van der Waals surface area contributed by atoms with Gasteiger partial charge in [0.25, 0.3) is 10.1 Å². The Morgan fingerprint density at radius 1 is 0.938 bits per heavy atom. The Kier molecular flexibility index (Phi) is 11.5. The molecule has 0 radical (unpaired) electrons. The van der Waals surface area contributed by atoms with Crippen LogP contribution in [0.5, 0.6) is 5.75 Å². The zero-order valence-electron chi connectivity index (χ0n) is 19.6. The van der Waals surface area contributed by atoms with E-state index in [1.807, 2.05) is 42.0 Å². The van der Waals surface area contributed by atoms with Gasteiger partial charge in [-0.25, -0.2) is 0 Å². The Morgan fingerprint density at radius 3 is 1.91 bits per heavy atom. The predicted octanol–water partition coefficient (Wildman–Crippen LogP) is 1.67. The fraction of sp³-hybridized carbons (Fsp3) is 0.714. The highest BCUT2D eigenvalue weighted by atomic mass is 32.2. The van der Waals surface area contributed by atoms with Crippen LogP contribution in [0.3, 0.4) is 0 Å². The van der Waals surface area contributed by atoms with Gasteiger partial charge in [0.2, 0.25) is 0 Å². The molecule has 0 aliphatic carbocycles. The van der Waals surface area contributed by atoms with Gasteiger partial charge >= 0.3 is 14.1 Å². The molecule has 0 unspecified atom stereocenters. The second-order valence-electron chi connectivity index (χ2n) is 8.88. The second kappa shape index (κ2) is 13.6. The molecule has 0 saturated carbocycles. The van der Waals surface area contributed by atoms with Crippen molar-refractivity contribution in [3.63, 3.8) is 0 Å². The molecular formula is C21H38B2N2O6S. The molecule has 1 aromatic rings. The van der Waals surface area contributed by atoms with E-state index in [1.165, 1.54) is 6.42 Å². The molecule has 0 spiro atoms. The third kappa shape index (κ3) is 10.7. The van der Waals surface area contributed by atoms with Gasteiger partial charge in [0.15, 0.2) is 0 Å². The Hall–Kier alpha value is -1.10. The predicted molar refractivity (Wildman–Crippen MR) is 129 cm³/mol. The van der Waals surface area contributed by atoms with Crippen LogP contribution in [0.1, 0.15) is 25.7 Å². The highest BCUT2D eigenvalue weighted by Crippen LogP contribution is 2.19. The first-order valence-electron chi connectivity index (χ1n) is 11.5. The third-order valence-electron chi connectivity index (χ3n) is 5.90. The number of para-hydroxylation sites is 1. The highest BCUT2D eigenvalue weighted by molar-refractivity contribution is 7.85. The summed E-state index contributed by atoms with van der Waals surface area (Å²) in [6, 6.07) is 9.92. The SMILES string of the molecule is CB(O)N1CCC[C@@H](COS(C)(=O)=O)C1.CB(O)N1CCC[C@@H](COc2ccccc2)C1. The van der Waals surface area contributed by atoms with E-state index >= 15 is 0 Å². The van der Waals surface area contributed by atoms with Gasteiger partial charge in [-0.05, 0) is 83.6 Å². The molecule has 1 aromatic carbocycles. The molecule has 8 nitrogen and oxygen atoms in total. The van der Waals surface area contributed by atoms with E-state index in [0.29, 0.717) is 12.5 Å². The van der Waals surface area contributed by atoms with Gasteiger partial charge in [0.05, 0.1) is 19.5 Å². The van der Waals surface area contributed by atoms with Gasteiger partial charge in [-0.1, -0.05) is 18.2 Å². The zero-order valence-corrected chi connectivity index (χ0v) is 20.4. The Balaban J connectivity index is 0.000000229. The summed E-state index contributed by atoms with van der Waals surface area (Å²) in [5.74, 6) is 1.66. The summed E-state index contributed by atoms with van der Waals surface area (Å²) in [5, 5.41) is 19.0. The summed E-state index contributed by atoms with van der Waals surface area (Å²) in [4.78, 5) is 4.04. The molecule has 2 N–H and O–H groups in total. The molecule has 0 amide bonds. The minimum atomic E-state index is -3.34. The Morgan fingerprint density at radius 2 is 1.44 bits per heavy atom. The van der Waals surface area contributed by atoms with Crippen LogP contribution < -0.4 is 4.74 Å². The smallest absolute Gasteiger partial charge is 0.376 e. The number of rotatable bonds is 8. The largest absolute Gasteiger partial charge is 0.493 e. The van der Waals surface area contributed by atoms with Crippen molar-refractivity contribution < 1.29 is 27.4 Å². The summed E-state index contributed by atoms with van der Waals surface area (Å²) in [7, 11) is -4.15. The first kappa shape index (κ1) is 27.1. The van der Waals surface area contributed by atoms with E-state index < -0.39 is 17.2 Å². The van der Waals surface area contributed by atoms with Crippen LogP contribution in [-0.2, 0) is 14.3 Å². The quantitative estimate of drug-likeness (QED) is 0.440. The van der Waals surface area contributed by atoms with Gasteiger partial charge < -0.3 is 24.4 Å². The molecule has 2 aliphatic rings. The molecule has 0 bridgehead atoms. The van der Waals surface area contributed by atoms with E-state index in [-0.39, 0.29) is 19.6 Å². The second-order valence-corrected chi connectivity index (χ2v) is 10.5. The zero-order chi connectivity index (χ0) is 23.6. The number of benzene rings is 1. The van der Waals surface area contributed by atoms with Crippen molar-refractivity contribution in [1.82, 2.24) is 9.62 Å². The van der Waals surface area contributed by atoms with Crippen molar-refractivity contribution in [3.05, 3.63) is 30.3 Å². The summed E-state index contributed by atoms with van der Waals surface area (Å²) in [6.07, 6.45) is 5.33. The van der Waals surface area contributed by atoms with Gasteiger partial charge in [-0.3, -0.25) is 4.18 Å². The lowest BCUT2D eigenvalue weighted by Gasteiger charge is -2.33. The van der Waals surface area contributed by atoms with E-state index in [9.17, 15) is 18.5 Å². The molecule has 11 heteroatoms. The van der Waals surface area contributed by atoms with Crippen LogP contribution in [0.15, 0.2) is 30.3 Å². The van der Waals surface area contributed by atoms with Crippen molar-refractivity contribution in [1.29, 1.82) is 0 Å². The molecule has 2 fully saturated rings. The topological polar surface area (TPSA) is 99.5 Å². The molecule has 0 aromatic heterocycles. The minimum Gasteiger partial charge on any atom is -0.493 e. The molecule has 3 rings (SSSR count). The van der Waals surface area contributed by atoms with E-state index in [2.05, 4.69) is 4.81 Å². The molecule has 2 saturated heterocycles. The summed E-state index contributed by atoms with van der Waals surface area (Å²) in [6.45, 7) is 8.03. The fourth-order valence-corrected chi connectivity index (χ4v) is 4.54. The van der Waals surface area contributed by atoms with E-state index in [0.717, 1.165) is 57.5 Å². The fourth-order valence-electron chi connectivity index (χ4n) is 4.10. The van der Waals surface area contributed by atoms with Crippen molar-refractivity contribution >= 4 is 24.2 Å². The molecule has 2 aliphatic heterocycles. The van der Waals surface area contributed by atoms with Crippen molar-refractivity contribution in [3.8, 4) is 5.75 Å². The number of nitrogens with zero attached hydrogens (tertiary/aromatic N) is 2. The monoisotopic (exact) mass is 468 g/mol. The maximum Gasteiger partial charge on any atom is 0.376 e. The molecule has 32 heavy (non-hydrogen) atoms. The average Bonchev–Trinajstić information content (AvgIpc) is 2.77. The van der Waals surface area contributed by atoms with Crippen molar-refractivity contribution in [2.75, 3.05) is 45.6 Å². The molecular weight excluding hydrogens is 430 g/mol. The van der Waals surface area contributed by atoms with Crippen LogP contribution >= 0.6 is 0 Å². The first-order valence-corrected chi connectivity index (χ1v) is 13.3. The normalized spacial score (nSPS) is 22.5. The van der Waals surface area contributed by atoms with Crippen molar-refractivity contribution in [2.45, 2.75) is 39.3 Å². The minimum absolute atomic E-state index is 0.197. The Labute approximate surface area is 194 Å². The van der Waals surface area contributed by atoms with Gasteiger partial charge in [0, 0.05) is 5.92 Å². The molecule has 2 atom stereocenters. The summed E-state index contributed by atoms with van der Waals surface area (Å²) in [5.41, 5.74) is 0. The van der Waals surface area contributed by atoms with Gasteiger partial charge in [0.1, 0.15) is 5.75 Å². The maximum absolute atomic E-state index is 10.8. The van der Waals surface area contributed by atoms with Gasteiger partial charge in [-0.15, -0.1) is 0 Å². The number of hydrogen-bond acceptors (Lipinski definition) is 8. The van der Waals surface area contributed by atoms with Crippen LogP contribution in [0.25, 0.3) is 0 Å². The molecule has 180 valence electrons. The summed E-state index contributed by atoms with van der Waals surface area (Å²) < 4.78 is 32.1. The maximum atomic E-state index is 10.8. The number of ether oxygens (including phenoxy) is 1. The lowest BCUT2D eigenvalue weighted by molar-refractivity contribution is 0.170. The summed E-state index contributed by atoms with van der Waals surface area (Å²) >= 11 is 0. The van der Waals surface area contributed by atoms with Crippen LogP contribution in [-0.4, -0.2) is 87.8 Å². The number of piperidine rings is 2. The van der Waals surface area contributed by atoms with Crippen LogP contribution in [0.4, 0.5) is 0 Å². The molecule has 2 heterocycles. The lowest BCUT2D eigenvalue weighted by Crippen LogP contribution is -2.45. The highest BCUT2D eigenvalue weighted by Gasteiger charge is 2.26. The van der Waals surface area contributed by atoms with Gasteiger partial charge in [-0.2, -0.15) is 8.42 Å². The average molecular weight is 468 g/mol. The number of hydrogen-bond donors (Lipinski definition) is 2.